The number of carbonyl (C=O) groups excluding carboxylic acids is 2. The molecule has 50 heavy (non-hydrogen) atoms. The lowest BCUT2D eigenvalue weighted by Crippen LogP contribution is -2.28. The Kier molecular flexibility index (Phi) is 37.5. The van der Waals surface area contributed by atoms with Gasteiger partial charge in [-0.25, -0.2) is 0 Å². The van der Waals surface area contributed by atoms with Crippen molar-refractivity contribution in [2.45, 2.75) is 219 Å². The van der Waals surface area contributed by atoms with Crippen LogP contribution < -0.4 is 5.32 Å². The SMILES string of the molecule is CCCCCC/C=C\C/C=C\C(CCCCCCCCC(=O)NCC(=O)O)OC(=O)CCCCCCCCC/C=C\CCCCCCCCC. The predicted octanol–water partition coefficient (Wildman–Crippen LogP) is 12.9. The number of unbranched alkanes of at least 4 members (excludes halogenated alkanes) is 23. The summed E-state index contributed by atoms with van der Waals surface area (Å²) in [7, 11) is 0. The van der Waals surface area contributed by atoms with Crippen LogP contribution in [0.4, 0.5) is 0 Å². The molecule has 1 unspecified atom stereocenters. The number of aliphatic carboxylic acids is 1. The molecule has 0 saturated carbocycles. The highest BCUT2D eigenvalue weighted by atomic mass is 16.5. The molecule has 2 N–H and O–H groups in total. The molecule has 1 amide bonds. The maximum Gasteiger partial charge on any atom is 0.322 e. The molecule has 0 heterocycles. The molecule has 0 saturated heterocycles. The standard InChI is InChI=1S/C44H79NO5/c1-3-5-7-9-11-13-14-15-16-17-18-19-20-21-23-25-31-35-39-44(49)50-41(36-32-28-24-22-12-10-8-6-4-2)37-33-29-26-27-30-34-38-42(46)45-40-43(47)48/h16-17,22,24,32,36,41H,3-15,18-21,23,25-31,33-35,37-40H2,1-2H3,(H,45,46)(H,47,48)/b17-16-,24-22-,36-32-. The van der Waals surface area contributed by atoms with Gasteiger partial charge in [-0.1, -0.05) is 160 Å². The summed E-state index contributed by atoms with van der Waals surface area (Å²) in [6.45, 7) is 4.20. The second kappa shape index (κ2) is 39.4. The second-order valence-corrected chi connectivity index (χ2v) is 14.2. The number of rotatable bonds is 38. The van der Waals surface area contributed by atoms with Crippen LogP contribution in [0.15, 0.2) is 36.5 Å². The van der Waals surface area contributed by atoms with Crippen LogP contribution in [0, 0.1) is 0 Å². The molecule has 0 radical (unpaired) electrons. The molecule has 0 bridgehead atoms. The van der Waals surface area contributed by atoms with Crippen molar-refractivity contribution in [2.24, 2.45) is 0 Å². The van der Waals surface area contributed by atoms with Crippen molar-refractivity contribution in [3.63, 3.8) is 0 Å². The highest BCUT2D eigenvalue weighted by molar-refractivity contribution is 5.80. The lowest BCUT2D eigenvalue weighted by atomic mass is 10.1. The van der Waals surface area contributed by atoms with Gasteiger partial charge in [-0.2, -0.15) is 0 Å². The number of allylic oxidation sites excluding steroid dienone is 5. The molecule has 0 aromatic carbocycles. The number of ether oxygens (including phenoxy) is 1. The third kappa shape index (κ3) is 38.4. The van der Waals surface area contributed by atoms with Crippen LogP contribution in [0.2, 0.25) is 0 Å². The van der Waals surface area contributed by atoms with Gasteiger partial charge in [-0.3, -0.25) is 14.4 Å². The summed E-state index contributed by atoms with van der Waals surface area (Å²) in [5.41, 5.74) is 0. The van der Waals surface area contributed by atoms with E-state index in [1.807, 2.05) is 0 Å². The number of carbonyl (C=O) groups is 3. The first kappa shape index (κ1) is 47.6. The number of carboxylic acids is 1. The molecule has 0 aromatic rings. The zero-order chi connectivity index (χ0) is 36.6. The second-order valence-electron chi connectivity index (χ2n) is 14.2. The number of nitrogens with one attached hydrogen (secondary N) is 1. The highest BCUT2D eigenvalue weighted by Crippen LogP contribution is 2.16. The van der Waals surface area contributed by atoms with E-state index in [1.54, 1.807) is 0 Å². The molecule has 0 aliphatic rings. The van der Waals surface area contributed by atoms with Gasteiger partial charge < -0.3 is 15.2 Å². The van der Waals surface area contributed by atoms with Crippen molar-refractivity contribution in [3.8, 4) is 0 Å². The van der Waals surface area contributed by atoms with Gasteiger partial charge in [0.15, 0.2) is 0 Å². The topological polar surface area (TPSA) is 92.7 Å². The minimum atomic E-state index is -1.02. The van der Waals surface area contributed by atoms with Crippen LogP contribution in [0.25, 0.3) is 0 Å². The van der Waals surface area contributed by atoms with E-state index in [1.165, 1.54) is 116 Å². The minimum absolute atomic E-state index is 0.0735. The molecule has 6 nitrogen and oxygen atoms in total. The van der Waals surface area contributed by atoms with E-state index in [9.17, 15) is 14.4 Å². The number of hydrogen-bond acceptors (Lipinski definition) is 4. The Labute approximate surface area is 308 Å². The molecule has 290 valence electrons. The van der Waals surface area contributed by atoms with Crippen LogP contribution >= 0.6 is 0 Å². The fraction of sp³-hybridized carbons (Fsp3) is 0.795. The van der Waals surface area contributed by atoms with Crippen molar-refractivity contribution < 1.29 is 24.2 Å². The van der Waals surface area contributed by atoms with Gasteiger partial charge in [-0.15, -0.1) is 0 Å². The van der Waals surface area contributed by atoms with Crippen LogP contribution in [0.5, 0.6) is 0 Å². The molecule has 0 rings (SSSR count). The smallest absolute Gasteiger partial charge is 0.322 e. The normalized spacial score (nSPS) is 12.4. The quantitative estimate of drug-likeness (QED) is 0.0380. The van der Waals surface area contributed by atoms with E-state index in [4.69, 9.17) is 9.84 Å². The summed E-state index contributed by atoms with van der Waals surface area (Å²) >= 11 is 0. The first-order valence-corrected chi connectivity index (χ1v) is 21.1. The largest absolute Gasteiger partial charge is 0.480 e. The first-order chi connectivity index (χ1) is 24.5. The maximum atomic E-state index is 12.7. The van der Waals surface area contributed by atoms with Gasteiger partial charge >= 0.3 is 11.9 Å². The number of amides is 1. The monoisotopic (exact) mass is 702 g/mol. The Morgan fingerprint density at radius 1 is 0.540 bits per heavy atom. The summed E-state index contributed by atoms with van der Waals surface area (Å²) in [4.78, 5) is 34.9. The fourth-order valence-electron chi connectivity index (χ4n) is 6.11. The van der Waals surface area contributed by atoms with Crippen LogP contribution in [-0.4, -0.2) is 35.6 Å². The van der Waals surface area contributed by atoms with Crippen LogP contribution in [0.1, 0.15) is 213 Å². The van der Waals surface area contributed by atoms with E-state index >= 15 is 0 Å². The van der Waals surface area contributed by atoms with Crippen molar-refractivity contribution >= 4 is 17.8 Å². The summed E-state index contributed by atoms with van der Waals surface area (Å²) in [5, 5.41) is 11.0. The average Bonchev–Trinajstić information content (AvgIpc) is 3.10. The first-order valence-electron chi connectivity index (χ1n) is 21.1. The van der Waals surface area contributed by atoms with E-state index < -0.39 is 5.97 Å². The van der Waals surface area contributed by atoms with Crippen molar-refractivity contribution in [3.05, 3.63) is 36.5 Å². The van der Waals surface area contributed by atoms with Gasteiger partial charge in [0.25, 0.3) is 0 Å². The van der Waals surface area contributed by atoms with Crippen molar-refractivity contribution in [1.29, 1.82) is 0 Å². The Morgan fingerprint density at radius 3 is 1.52 bits per heavy atom. The molecule has 6 heteroatoms. The molecular formula is C44H79NO5. The van der Waals surface area contributed by atoms with Crippen LogP contribution in [-0.2, 0) is 19.1 Å². The Hall–Kier alpha value is -2.37. The summed E-state index contributed by atoms with van der Waals surface area (Å²) in [5.74, 6) is -1.29. The number of carboxylic acid groups (broad SMARTS) is 1. The lowest BCUT2D eigenvalue weighted by Gasteiger charge is -2.14. The molecule has 0 spiro atoms. The molecule has 1 atom stereocenters. The Morgan fingerprint density at radius 2 is 0.980 bits per heavy atom. The Balaban J connectivity index is 4.14. The zero-order valence-electron chi connectivity index (χ0n) is 32.7. The fourth-order valence-corrected chi connectivity index (χ4v) is 6.11. The van der Waals surface area contributed by atoms with Crippen LogP contribution in [0.3, 0.4) is 0 Å². The average molecular weight is 702 g/mol. The van der Waals surface area contributed by atoms with Gasteiger partial charge in [0.05, 0.1) is 0 Å². The molecule has 0 aromatic heterocycles. The van der Waals surface area contributed by atoms with Gasteiger partial charge in [0, 0.05) is 12.8 Å². The summed E-state index contributed by atoms with van der Waals surface area (Å²) < 4.78 is 5.92. The van der Waals surface area contributed by atoms with E-state index in [0.29, 0.717) is 12.8 Å². The van der Waals surface area contributed by atoms with Crippen molar-refractivity contribution in [2.75, 3.05) is 6.54 Å². The zero-order valence-corrected chi connectivity index (χ0v) is 32.7. The minimum Gasteiger partial charge on any atom is -0.480 e. The third-order valence-electron chi connectivity index (χ3n) is 9.27. The molecule has 0 fully saturated rings. The van der Waals surface area contributed by atoms with Gasteiger partial charge in [0.1, 0.15) is 12.6 Å². The molecule has 0 aliphatic heterocycles. The van der Waals surface area contributed by atoms with Gasteiger partial charge in [-0.05, 0) is 76.7 Å². The van der Waals surface area contributed by atoms with Crippen molar-refractivity contribution in [1.82, 2.24) is 5.32 Å². The lowest BCUT2D eigenvalue weighted by molar-refractivity contribution is -0.147. The molecule has 0 aliphatic carbocycles. The maximum absolute atomic E-state index is 12.7. The van der Waals surface area contributed by atoms with Gasteiger partial charge in [0.2, 0.25) is 5.91 Å². The van der Waals surface area contributed by atoms with E-state index in [-0.39, 0.29) is 24.5 Å². The number of hydrogen-bond donors (Lipinski definition) is 2. The summed E-state index contributed by atoms with van der Waals surface area (Å²) in [6.07, 6.45) is 48.6. The molecular weight excluding hydrogens is 622 g/mol. The third-order valence-corrected chi connectivity index (χ3v) is 9.27. The summed E-state index contributed by atoms with van der Waals surface area (Å²) in [6, 6.07) is 0. The van der Waals surface area contributed by atoms with E-state index in [0.717, 1.165) is 70.6 Å². The van der Waals surface area contributed by atoms with E-state index in [2.05, 4.69) is 55.6 Å². The highest BCUT2D eigenvalue weighted by Gasteiger charge is 2.11. The predicted molar refractivity (Wildman–Crippen MR) is 212 cm³/mol. The number of esters is 1. The Bertz CT molecular complexity index is 864.